The highest BCUT2D eigenvalue weighted by Crippen LogP contribution is 2.03. The average molecular weight is 224 g/mol. The summed E-state index contributed by atoms with van der Waals surface area (Å²) >= 11 is 0. The Morgan fingerprint density at radius 2 is 1.75 bits per heavy atom. The van der Waals surface area contributed by atoms with E-state index in [1.807, 2.05) is 32.0 Å². The number of benzene rings is 1. The van der Waals surface area contributed by atoms with Gasteiger partial charge in [-0.05, 0) is 19.3 Å². The lowest BCUT2D eigenvalue weighted by atomic mass is 10.1. The van der Waals surface area contributed by atoms with Gasteiger partial charge in [0.25, 0.3) is 0 Å². The van der Waals surface area contributed by atoms with E-state index in [1.165, 1.54) is 5.56 Å². The van der Waals surface area contributed by atoms with Crippen molar-refractivity contribution >= 4 is 5.97 Å². The van der Waals surface area contributed by atoms with Crippen LogP contribution in [-0.2, 0) is 4.79 Å². The number of aryl methyl sites for hydroxylation is 1. The molecule has 0 heterocycles. The highest BCUT2D eigenvalue weighted by Gasteiger charge is 2.13. The van der Waals surface area contributed by atoms with Crippen molar-refractivity contribution in [2.45, 2.75) is 33.3 Å². The minimum Gasteiger partial charge on any atom is -0.479 e. The van der Waals surface area contributed by atoms with Crippen LogP contribution in [0.5, 0.6) is 0 Å². The fourth-order valence-corrected chi connectivity index (χ4v) is 1.08. The molecule has 0 spiro atoms. The Balaban J connectivity index is 0.000000288. The summed E-state index contributed by atoms with van der Waals surface area (Å²) in [6, 6.07) is 10.3. The van der Waals surface area contributed by atoms with Crippen LogP contribution in [0.1, 0.15) is 25.8 Å². The molecule has 0 aliphatic carbocycles. The number of hydrogen-bond donors (Lipinski definition) is 2. The summed E-state index contributed by atoms with van der Waals surface area (Å²) < 4.78 is 0. The normalized spacial score (nSPS) is 11.6. The lowest BCUT2D eigenvalue weighted by Gasteiger charge is -2.06. The second-order valence-corrected chi connectivity index (χ2v) is 4.14. The summed E-state index contributed by atoms with van der Waals surface area (Å²) in [7, 11) is 0. The Labute approximate surface area is 96.7 Å². The van der Waals surface area contributed by atoms with Gasteiger partial charge in [0, 0.05) is 0 Å². The fraction of sp³-hybridized carbons (Fsp3) is 0.462. The summed E-state index contributed by atoms with van der Waals surface area (Å²) in [5, 5.41) is 16.9. The number of hydrogen-bond acceptors (Lipinski definition) is 2. The van der Waals surface area contributed by atoms with Gasteiger partial charge in [0.2, 0.25) is 0 Å². The van der Waals surface area contributed by atoms with E-state index in [2.05, 4.69) is 19.1 Å². The van der Waals surface area contributed by atoms with Crippen molar-refractivity contribution in [2.24, 2.45) is 5.92 Å². The van der Waals surface area contributed by atoms with Gasteiger partial charge in [-0.25, -0.2) is 4.79 Å². The maximum atomic E-state index is 9.98. The molecule has 16 heavy (non-hydrogen) atoms. The zero-order valence-corrected chi connectivity index (χ0v) is 10.1. The molecule has 0 aromatic heterocycles. The van der Waals surface area contributed by atoms with E-state index in [0.29, 0.717) is 6.42 Å². The molecule has 0 saturated heterocycles. The highest BCUT2D eigenvalue weighted by molar-refractivity contribution is 5.71. The molecule has 0 aliphatic heterocycles. The van der Waals surface area contributed by atoms with Gasteiger partial charge in [-0.3, -0.25) is 0 Å². The second-order valence-electron chi connectivity index (χ2n) is 4.14. The summed E-state index contributed by atoms with van der Waals surface area (Å²) in [4.78, 5) is 9.98. The maximum Gasteiger partial charge on any atom is 0.332 e. The van der Waals surface area contributed by atoms with Crippen molar-refractivity contribution < 1.29 is 15.0 Å². The molecule has 1 atom stereocenters. The van der Waals surface area contributed by atoms with E-state index < -0.39 is 12.1 Å². The van der Waals surface area contributed by atoms with Gasteiger partial charge in [0.15, 0.2) is 6.10 Å². The Kier molecular flexibility index (Phi) is 7.21. The Morgan fingerprint density at radius 3 is 1.94 bits per heavy atom. The lowest BCUT2D eigenvalue weighted by Crippen LogP contribution is -2.21. The van der Waals surface area contributed by atoms with Crippen LogP contribution in [0, 0.1) is 12.8 Å². The SMILES string of the molecule is CC(C)CC(O)C(=O)O.Cc1ccccc1. The number of aliphatic carboxylic acids is 1. The zero-order valence-electron chi connectivity index (χ0n) is 10.1. The summed E-state index contributed by atoms with van der Waals surface area (Å²) in [6.07, 6.45) is -0.861. The smallest absolute Gasteiger partial charge is 0.332 e. The molecule has 1 unspecified atom stereocenters. The van der Waals surface area contributed by atoms with Gasteiger partial charge < -0.3 is 10.2 Å². The van der Waals surface area contributed by atoms with E-state index in [9.17, 15) is 4.79 Å². The molecule has 0 radical (unpaired) electrons. The Bertz CT molecular complexity index is 293. The average Bonchev–Trinajstić information content (AvgIpc) is 2.18. The van der Waals surface area contributed by atoms with Crippen molar-refractivity contribution in [2.75, 3.05) is 0 Å². The van der Waals surface area contributed by atoms with E-state index in [1.54, 1.807) is 0 Å². The van der Waals surface area contributed by atoms with Crippen molar-refractivity contribution in [3.63, 3.8) is 0 Å². The van der Waals surface area contributed by atoms with Gasteiger partial charge in [-0.1, -0.05) is 49.7 Å². The van der Waals surface area contributed by atoms with Crippen molar-refractivity contribution in [1.29, 1.82) is 0 Å². The van der Waals surface area contributed by atoms with E-state index in [-0.39, 0.29) is 5.92 Å². The maximum absolute atomic E-state index is 9.98. The van der Waals surface area contributed by atoms with Crippen LogP contribution in [0.2, 0.25) is 0 Å². The lowest BCUT2D eigenvalue weighted by molar-refractivity contribution is -0.147. The van der Waals surface area contributed by atoms with Gasteiger partial charge in [0.1, 0.15) is 0 Å². The van der Waals surface area contributed by atoms with E-state index in [0.717, 1.165) is 0 Å². The van der Waals surface area contributed by atoms with Crippen LogP contribution in [0.25, 0.3) is 0 Å². The molecular weight excluding hydrogens is 204 g/mol. The molecule has 2 N–H and O–H groups in total. The number of rotatable bonds is 3. The first-order valence-corrected chi connectivity index (χ1v) is 5.36. The van der Waals surface area contributed by atoms with Crippen molar-refractivity contribution in [3.05, 3.63) is 35.9 Å². The number of carbonyl (C=O) groups is 1. The first-order valence-electron chi connectivity index (χ1n) is 5.36. The summed E-state index contributed by atoms with van der Waals surface area (Å²) in [6.45, 7) is 5.82. The minimum absolute atomic E-state index is 0.232. The summed E-state index contributed by atoms with van der Waals surface area (Å²) in [5.41, 5.74) is 1.32. The Hall–Kier alpha value is -1.35. The number of aliphatic hydroxyl groups excluding tert-OH is 1. The van der Waals surface area contributed by atoms with Crippen LogP contribution in [0.15, 0.2) is 30.3 Å². The third-order valence-corrected chi connectivity index (χ3v) is 1.92. The topological polar surface area (TPSA) is 57.5 Å². The van der Waals surface area contributed by atoms with Crippen LogP contribution in [0.4, 0.5) is 0 Å². The molecule has 3 heteroatoms. The second kappa shape index (κ2) is 7.88. The van der Waals surface area contributed by atoms with E-state index in [4.69, 9.17) is 10.2 Å². The molecule has 1 aromatic carbocycles. The molecule has 0 fully saturated rings. The van der Waals surface area contributed by atoms with E-state index >= 15 is 0 Å². The predicted molar refractivity (Wildman–Crippen MR) is 64.3 cm³/mol. The predicted octanol–water partition coefficient (Wildman–Crippen LogP) is 2.47. The van der Waals surface area contributed by atoms with Gasteiger partial charge >= 0.3 is 5.97 Å². The van der Waals surface area contributed by atoms with Crippen LogP contribution >= 0.6 is 0 Å². The third-order valence-electron chi connectivity index (χ3n) is 1.92. The van der Waals surface area contributed by atoms with Gasteiger partial charge in [-0.15, -0.1) is 0 Å². The molecule has 1 aromatic rings. The van der Waals surface area contributed by atoms with Crippen LogP contribution in [-0.4, -0.2) is 22.3 Å². The molecule has 0 aliphatic rings. The number of aliphatic hydroxyl groups is 1. The standard InChI is InChI=1S/C7H8.C6H12O3/c1-7-5-3-2-4-6-7;1-4(2)3-5(7)6(8)9/h2-6H,1H3;4-5,7H,3H2,1-2H3,(H,8,9). The quantitative estimate of drug-likeness (QED) is 0.829. The van der Waals surface area contributed by atoms with Crippen LogP contribution in [0.3, 0.4) is 0 Å². The summed E-state index contributed by atoms with van der Waals surface area (Å²) in [5.74, 6) is -0.903. The largest absolute Gasteiger partial charge is 0.479 e. The molecule has 3 nitrogen and oxygen atoms in total. The first kappa shape index (κ1) is 14.6. The number of carboxylic acids is 1. The number of carboxylic acid groups (broad SMARTS) is 1. The molecular formula is C13H20O3. The highest BCUT2D eigenvalue weighted by atomic mass is 16.4. The van der Waals surface area contributed by atoms with Crippen molar-refractivity contribution in [3.8, 4) is 0 Å². The molecule has 1 rings (SSSR count). The molecule has 0 amide bonds. The van der Waals surface area contributed by atoms with Gasteiger partial charge in [-0.2, -0.15) is 0 Å². The van der Waals surface area contributed by atoms with Crippen molar-refractivity contribution in [1.82, 2.24) is 0 Å². The minimum atomic E-state index is -1.19. The molecule has 0 saturated carbocycles. The zero-order chi connectivity index (χ0) is 12.6. The van der Waals surface area contributed by atoms with Crippen LogP contribution < -0.4 is 0 Å². The molecule has 90 valence electrons. The molecule has 0 bridgehead atoms. The van der Waals surface area contributed by atoms with Gasteiger partial charge in [0.05, 0.1) is 0 Å². The fourth-order valence-electron chi connectivity index (χ4n) is 1.08. The third kappa shape index (κ3) is 8.00. The monoisotopic (exact) mass is 224 g/mol. The first-order chi connectivity index (χ1) is 7.43. The Morgan fingerprint density at radius 1 is 1.25 bits per heavy atom.